The number of rotatable bonds is 5. The smallest absolute Gasteiger partial charge is 0.413 e. The van der Waals surface area contributed by atoms with Crippen molar-refractivity contribution in [3.05, 3.63) is 42.4 Å². The molecule has 0 aliphatic rings. The molecule has 0 aliphatic heterocycles. The highest BCUT2D eigenvalue weighted by atomic mass is 127. The molecule has 0 atom stereocenters. The first-order valence-corrected chi connectivity index (χ1v) is 10.5. The van der Waals surface area contributed by atoms with Gasteiger partial charge in [-0.15, -0.1) is 0 Å². The van der Waals surface area contributed by atoms with E-state index in [0.29, 0.717) is 23.2 Å². The average Bonchev–Trinajstić information content (AvgIpc) is 3.37. The minimum atomic E-state index is -0.525. The maximum atomic E-state index is 11.6. The molecule has 0 aliphatic carbocycles. The van der Waals surface area contributed by atoms with Crippen molar-refractivity contribution in [1.82, 2.24) is 24.7 Å². The van der Waals surface area contributed by atoms with Crippen molar-refractivity contribution >= 4 is 55.5 Å². The molecule has 1 amide bonds. The molecule has 27 heavy (non-hydrogen) atoms. The monoisotopic (exact) mass is 494 g/mol. The summed E-state index contributed by atoms with van der Waals surface area (Å²) < 4.78 is 8.54. The van der Waals surface area contributed by atoms with Crippen LogP contribution in [-0.2, 0) is 9.16 Å². The Labute approximate surface area is 172 Å². The molecule has 3 aromatic heterocycles. The first kappa shape index (κ1) is 17.9. The minimum absolute atomic E-state index is 0.302. The number of thiazole rings is 1. The van der Waals surface area contributed by atoms with Crippen molar-refractivity contribution in [2.75, 3.05) is 11.9 Å². The number of carbonyl (C=O) groups is 1. The van der Waals surface area contributed by atoms with E-state index in [-0.39, 0.29) is 0 Å². The van der Waals surface area contributed by atoms with Gasteiger partial charge in [-0.25, -0.2) is 14.8 Å². The highest BCUT2D eigenvalue weighted by Crippen LogP contribution is 2.33. The summed E-state index contributed by atoms with van der Waals surface area (Å²) in [5, 5.41) is 10.4. The molecule has 10 heteroatoms. The SMILES string of the molecule is CCOC(=O)Nc1nc2[nH]nc(-n3cncc3-c3ccccc3CI)c2s1. The van der Waals surface area contributed by atoms with Crippen LogP contribution in [0.4, 0.5) is 9.93 Å². The van der Waals surface area contributed by atoms with Crippen LogP contribution in [0.5, 0.6) is 0 Å². The van der Waals surface area contributed by atoms with Crippen LogP contribution >= 0.6 is 33.9 Å². The maximum Gasteiger partial charge on any atom is 0.413 e. The van der Waals surface area contributed by atoms with Gasteiger partial charge in [0.1, 0.15) is 11.0 Å². The number of hydrogen-bond acceptors (Lipinski definition) is 6. The van der Waals surface area contributed by atoms with Crippen LogP contribution in [0.15, 0.2) is 36.8 Å². The Hall–Kier alpha value is -2.47. The van der Waals surface area contributed by atoms with E-state index in [1.807, 2.05) is 22.9 Å². The molecule has 0 bridgehead atoms. The van der Waals surface area contributed by atoms with Crippen molar-refractivity contribution < 1.29 is 9.53 Å². The fourth-order valence-electron chi connectivity index (χ4n) is 2.73. The number of nitrogens with zero attached hydrogens (tertiary/aromatic N) is 4. The fourth-order valence-corrected chi connectivity index (χ4v) is 4.28. The molecule has 4 rings (SSSR count). The number of aromatic amines is 1. The summed E-state index contributed by atoms with van der Waals surface area (Å²) in [5.74, 6) is 0.690. The van der Waals surface area contributed by atoms with Gasteiger partial charge < -0.3 is 4.74 Å². The predicted molar refractivity (Wildman–Crippen MR) is 113 cm³/mol. The average molecular weight is 494 g/mol. The van der Waals surface area contributed by atoms with E-state index in [1.165, 1.54) is 16.9 Å². The summed E-state index contributed by atoms with van der Waals surface area (Å²) in [6, 6.07) is 8.22. The second-order valence-corrected chi connectivity index (χ2v) is 7.29. The number of aromatic nitrogens is 5. The normalized spacial score (nSPS) is 11.0. The quantitative estimate of drug-likeness (QED) is 0.317. The zero-order valence-corrected chi connectivity index (χ0v) is 17.2. The number of nitrogens with one attached hydrogen (secondary N) is 2. The number of alkyl halides is 1. The van der Waals surface area contributed by atoms with Crippen molar-refractivity contribution in [2.45, 2.75) is 11.4 Å². The topological polar surface area (TPSA) is 97.7 Å². The van der Waals surface area contributed by atoms with Gasteiger partial charge in [0.25, 0.3) is 0 Å². The molecule has 4 aromatic rings. The van der Waals surface area contributed by atoms with Gasteiger partial charge in [-0.3, -0.25) is 15.0 Å². The minimum Gasteiger partial charge on any atom is -0.450 e. The molecule has 3 heterocycles. The Morgan fingerprint density at radius 2 is 2.26 bits per heavy atom. The number of ether oxygens (including phenoxy) is 1. The molecular weight excluding hydrogens is 479 g/mol. The third-order valence-electron chi connectivity index (χ3n) is 3.89. The lowest BCUT2D eigenvalue weighted by Crippen LogP contribution is -2.12. The first-order valence-electron chi connectivity index (χ1n) is 8.17. The van der Waals surface area contributed by atoms with Gasteiger partial charge in [-0.1, -0.05) is 58.2 Å². The Bertz CT molecular complexity index is 1100. The molecule has 138 valence electrons. The number of halogens is 1. The highest BCUT2D eigenvalue weighted by molar-refractivity contribution is 14.1. The van der Waals surface area contributed by atoms with Crippen LogP contribution in [0, 0.1) is 0 Å². The van der Waals surface area contributed by atoms with E-state index in [0.717, 1.165) is 20.4 Å². The van der Waals surface area contributed by atoms with Crippen molar-refractivity contribution in [3.8, 4) is 17.1 Å². The number of hydrogen-bond donors (Lipinski definition) is 2. The fraction of sp³-hybridized carbons (Fsp3) is 0.176. The van der Waals surface area contributed by atoms with Gasteiger partial charge in [0, 0.05) is 9.99 Å². The zero-order chi connectivity index (χ0) is 18.8. The van der Waals surface area contributed by atoms with Gasteiger partial charge in [-0.2, -0.15) is 5.10 Å². The van der Waals surface area contributed by atoms with E-state index in [4.69, 9.17) is 4.74 Å². The lowest BCUT2D eigenvalue weighted by Gasteiger charge is -2.09. The van der Waals surface area contributed by atoms with Gasteiger partial charge >= 0.3 is 6.09 Å². The van der Waals surface area contributed by atoms with Crippen LogP contribution in [-0.4, -0.2) is 37.4 Å². The molecule has 8 nitrogen and oxygen atoms in total. The van der Waals surface area contributed by atoms with E-state index >= 15 is 0 Å². The third-order valence-corrected chi connectivity index (χ3v) is 5.67. The van der Waals surface area contributed by atoms with E-state index in [1.54, 1.807) is 13.3 Å². The van der Waals surface area contributed by atoms with Gasteiger partial charge in [0.2, 0.25) is 0 Å². The maximum absolute atomic E-state index is 11.6. The predicted octanol–water partition coefficient (Wildman–Crippen LogP) is 4.38. The lowest BCUT2D eigenvalue weighted by atomic mass is 10.1. The number of H-pyrrole nitrogens is 1. The largest absolute Gasteiger partial charge is 0.450 e. The van der Waals surface area contributed by atoms with E-state index in [2.05, 4.69) is 60.2 Å². The number of carbonyl (C=O) groups excluding carboxylic acids is 1. The molecule has 0 unspecified atom stereocenters. The van der Waals surface area contributed by atoms with Gasteiger partial charge in [0.15, 0.2) is 16.6 Å². The number of fused-ring (bicyclic) bond motifs is 1. The molecule has 0 radical (unpaired) electrons. The molecule has 0 saturated carbocycles. The molecular formula is C17H15IN6O2S. The van der Waals surface area contributed by atoms with E-state index < -0.39 is 6.09 Å². The van der Waals surface area contributed by atoms with Crippen molar-refractivity contribution in [2.24, 2.45) is 0 Å². The summed E-state index contributed by atoms with van der Waals surface area (Å²) in [5.41, 5.74) is 3.88. The molecule has 0 spiro atoms. The van der Waals surface area contributed by atoms with Crippen LogP contribution in [0.2, 0.25) is 0 Å². The summed E-state index contributed by atoms with van der Waals surface area (Å²) >= 11 is 3.68. The Kier molecular flexibility index (Phi) is 5.07. The van der Waals surface area contributed by atoms with Crippen LogP contribution in [0.1, 0.15) is 12.5 Å². The number of amides is 1. The number of imidazole rings is 1. The lowest BCUT2D eigenvalue weighted by molar-refractivity contribution is 0.168. The zero-order valence-electron chi connectivity index (χ0n) is 14.3. The first-order chi connectivity index (χ1) is 13.2. The second-order valence-electron chi connectivity index (χ2n) is 5.53. The Morgan fingerprint density at radius 3 is 3.07 bits per heavy atom. The van der Waals surface area contributed by atoms with E-state index in [9.17, 15) is 4.79 Å². The Morgan fingerprint density at radius 1 is 1.41 bits per heavy atom. The van der Waals surface area contributed by atoms with Crippen molar-refractivity contribution in [1.29, 1.82) is 0 Å². The van der Waals surface area contributed by atoms with Crippen LogP contribution in [0.3, 0.4) is 0 Å². The molecule has 2 N–H and O–H groups in total. The van der Waals surface area contributed by atoms with Crippen LogP contribution < -0.4 is 5.32 Å². The van der Waals surface area contributed by atoms with Gasteiger partial charge in [0.05, 0.1) is 18.5 Å². The summed E-state index contributed by atoms with van der Waals surface area (Å²) in [6.45, 7) is 2.05. The third kappa shape index (κ3) is 3.41. The molecule has 0 saturated heterocycles. The second kappa shape index (κ2) is 7.64. The summed E-state index contributed by atoms with van der Waals surface area (Å²) in [6.07, 6.45) is 3.03. The summed E-state index contributed by atoms with van der Waals surface area (Å²) in [4.78, 5) is 20.3. The number of anilines is 1. The highest BCUT2D eigenvalue weighted by Gasteiger charge is 2.18. The van der Waals surface area contributed by atoms with Crippen LogP contribution in [0.25, 0.3) is 27.4 Å². The summed E-state index contributed by atoms with van der Waals surface area (Å²) in [7, 11) is 0. The standard InChI is InChI=1S/C17H15IN6O2S/c1-2-26-17(25)21-16-20-14-13(27-16)15(23-22-14)24-9-19-8-12(24)11-6-4-3-5-10(11)7-18/h3-6,8-9H,2,7H2,1H3,(H2,20,21,22,23,25). The molecule has 1 aromatic carbocycles. The van der Waals surface area contributed by atoms with Gasteiger partial charge in [-0.05, 0) is 12.5 Å². The Balaban J connectivity index is 1.75. The number of benzene rings is 1. The molecule has 0 fully saturated rings. The van der Waals surface area contributed by atoms with Crippen molar-refractivity contribution in [3.63, 3.8) is 0 Å².